The molecule has 0 heterocycles. The van der Waals surface area contributed by atoms with Gasteiger partial charge in [0.15, 0.2) is 0 Å². The summed E-state index contributed by atoms with van der Waals surface area (Å²) in [5.41, 5.74) is 2.19. The van der Waals surface area contributed by atoms with Crippen LogP contribution in [0.15, 0.2) is 60.7 Å². The lowest BCUT2D eigenvalue weighted by Crippen LogP contribution is -2.31. The molecular formula is C16H18N2O. The maximum absolute atomic E-state index is 11.6. The first-order valence-corrected chi connectivity index (χ1v) is 6.44. The number of carbonyl (C=O) groups excluding carboxylic acids is 1. The quantitative estimate of drug-likeness (QED) is 0.831. The van der Waals surface area contributed by atoms with Crippen molar-refractivity contribution in [3.8, 4) is 0 Å². The Hall–Kier alpha value is -2.29. The smallest absolute Gasteiger partial charge is 0.239 e. The Morgan fingerprint density at radius 2 is 1.53 bits per heavy atom. The monoisotopic (exact) mass is 254 g/mol. The SMILES string of the molecule is O=C(CNc1ccccc1)NCCc1ccccc1. The predicted molar refractivity (Wildman–Crippen MR) is 78.1 cm³/mol. The summed E-state index contributed by atoms with van der Waals surface area (Å²) < 4.78 is 0. The molecule has 0 aliphatic rings. The molecule has 0 spiro atoms. The van der Waals surface area contributed by atoms with Gasteiger partial charge in [0.1, 0.15) is 0 Å². The molecule has 3 heteroatoms. The van der Waals surface area contributed by atoms with E-state index in [0.717, 1.165) is 12.1 Å². The average molecular weight is 254 g/mol. The van der Waals surface area contributed by atoms with Gasteiger partial charge in [-0.1, -0.05) is 48.5 Å². The molecule has 0 aliphatic heterocycles. The molecule has 0 saturated heterocycles. The Kier molecular flexibility index (Phi) is 4.99. The highest BCUT2D eigenvalue weighted by Crippen LogP contribution is 2.03. The standard InChI is InChI=1S/C16H18N2O/c19-16(13-18-15-9-5-2-6-10-15)17-12-11-14-7-3-1-4-8-14/h1-10,18H,11-13H2,(H,17,19). The van der Waals surface area contributed by atoms with E-state index in [1.54, 1.807) is 0 Å². The van der Waals surface area contributed by atoms with Crippen LogP contribution < -0.4 is 10.6 Å². The van der Waals surface area contributed by atoms with Crippen molar-refractivity contribution in [2.75, 3.05) is 18.4 Å². The summed E-state index contributed by atoms with van der Waals surface area (Å²) in [4.78, 5) is 11.6. The van der Waals surface area contributed by atoms with E-state index in [1.807, 2.05) is 48.5 Å². The number of nitrogens with one attached hydrogen (secondary N) is 2. The zero-order valence-corrected chi connectivity index (χ0v) is 10.8. The topological polar surface area (TPSA) is 41.1 Å². The van der Waals surface area contributed by atoms with Gasteiger partial charge in [0.05, 0.1) is 6.54 Å². The van der Waals surface area contributed by atoms with Gasteiger partial charge >= 0.3 is 0 Å². The van der Waals surface area contributed by atoms with Crippen molar-refractivity contribution in [1.29, 1.82) is 0 Å². The minimum absolute atomic E-state index is 0.0137. The first-order chi connectivity index (χ1) is 9.34. The van der Waals surface area contributed by atoms with Gasteiger partial charge in [-0.25, -0.2) is 0 Å². The third-order valence-electron chi connectivity index (χ3n) is 2.81. The molecule has 3 nitrogen and oxygen atoms in total. The molecule has 2 rings (SSSR count). The highest BCUT2D eigenvalue weighted by atomic mass is 16.1. The summed E-state index contributed by atoms with van der Waals surface area (Å²) in [7, 11) is 0. The second-order valence-electron chi connectivity index (χ2n) is 4.31. The number of hydrogen-bond acceptors (Lipinski definition) is 2. The van der Waals surface area contributed by atoms with Gasteiger partial charge < -0.3 is 10.6 Å². The maximum atomic E-state index is 11.6. The molecule has 0 aromatic heterocycles. The Morgan fingerprint density at radius 3 is 2.21 bits per heavy atom. The van der Waals surface area contributed by atoms with Gasteiger partial charge in [0.25, 0.3) is 0 Å². The average Bonchev–Trinajstić information content (AvgIpc) is 2.47. The van der Waals surface area contributed by atoms with Crippen LogP contribution in [-0.4, -0.2) is 19.0 Å². The van der Waals surface area contributed by atoms with Crippen molar-refractivity contribution in [3.05, 3.63) is 66.2 Å². The molecule has 2 N–H and O–H groups in total. The van der Waals surface area contributed by atoms with Crippen LogP contribution in [0.3, 0.4) is 0 Å². The molecule has 0 radical (unpaired) electrons. The molecule has 0 atom stereocenters. The van der Waals surface area contributed by atoms with Crippen LogP contribution in [0.1, 0.15) is 5.56 Å². The first-order valence-electron chi connectivity index (χ1n) is 6.44. The van der Waals surface area contributed by atoms with Gasteiger partial charge in [-0.2, -0.15) is 0 Å². The van der Waals surface area contributed by atoms with Crippen LogP contribution in [0.25, 0.3) is 0 Å². The number of rotatable bonds is 6. The van der Waals surface area contributed by atoms with E-state index in [4.69, 9.17) is 0 Å². The number of carbonyl (C=O) groups is 1. The van der Waals surface area contributed by atoms with E-state index >= 15 is 0 Å². The van der Waals surface area contributed by atoms with Crippen molar-refractivity contribution in [2.45, 2.75) is 6.42 Å². The maximum Gasteiger partial charge on any atom is 0.239 e. The summed E-state index contributed by atoms with van der Waals surface area (Å²) in [6, 6.07) is 19.8. The summed E-state index contributed by atoms with van der Waals surface area (Å²) >= 11 is 0. The Morgan fingerprint density at radius 1 is 0.895 bits per heavy atom. The van der Waals surface area contributed by atoms with Gasteiger partial charge in [0.2, 0.25) is 5.91 Å². The molecule has 2 aromatic carbocycles. The van der Waals surface area contributed by atoms with Crippen molar-refractivity contribution in [2.24, 2.45) is 0 Å². The molecular weight excluding hydrogens is 236 g/mol. The van der Waals surface area contributed by atoms with Gasteiger partial charge in [0, 0.05) is 12.2 Å². The molecule has 2 aromatic rings. The fraction of sp³-hybridized carbons (Fsp3) is 0.188. The minimum Gasteiger partial charge on any atom is -0.376 e. The van der Waals surface area contributed by atoms with Crippen LogP contribution in [0.4, 0.5) is 5.69 Å². The molecule has 0 fully saturated rings. The van der Waals surface area contributed by atoms with Crippen molar-refractivity contribution >= 4 is 11.6 Å². The van der Waals surface area contributed by atoms with E-state index in [1.165, 1.54) is 5.56 Å². The fourth-order valence-electron chi connectivity index (χ4n) is 1.79. The number of anilines is 1. The lowest BCUT2D eigenvalue weighted by molar-refractivity contribution is -0.119. The summed E-state index contributed by atoms with van der Waals surface area (Å²) in [5, 5.41) is 5.98. The van der Waals surface area contributed by atoms with E-state index in [2.05, 4.69) is 22.8 Å². The van der Waals surface area contributed by atoms with E-state index in [9.17, 15) is 4.79 Å². The largest absolute Gasteiger partial charge is 0.376 e. The highest BCUT2D eigenvalue weighted by molar-refractivity contribution is 5.80. The zero-order valence-electron chi connectivity index (χ0n) is 10.8. The molecule has 0 aliphatic carbocycles. The second kappa shape index (κ2) is 7.21. The minimum atomic E-state index is 0.0137. The zero-order chi connectivity index (χ0) is 13.3. The number of para-hydroxylation sites is 1. The van der Waals surface area contributed by atoms with Crippen LogP contribution in [0, 0.1) is 0 Å². The second-order valence-corrected chi connectivity index (χ2v) is 4.31. The third kappa shape index (κ3) is 4.84. The van der Waals surface area contributed by atoms with Gasteiger partial charge in [-0.3, -0.25) is 4.79 Å². The number of benzene rings is 2. The summed E-state index contributed by atoms with van der Waals surface area (Å²) in [6.45, 7) is 0.970. The van der Waals surface area contributed by atoms with Crippen molar-refractivity contribution < 1.29 is 4.79 Å². The third-order valence-corrected chi connectivity index (χ3v) is 2.81. The molecule has 0 unspecified atom stereocenters. The molecule has 19 heavy (non-hydrogen) atoms. The normalized spacial score (nSPS) is 9.89. The Labute approximate surface area is 113 Å². The first kappa shape index (κ1) is 13.1. The van der Waals surface area contributed by atoms with E-state index < -0.39 is 0 Å². The fourth-order valence-corrected chi connectivity index (χ4v) is 1.79. The summed E-state index contributed by atoms with van der Waals surface area (Å²) in [6.07, 6.45) is 0.859. The summed E-state index contributed by atoms with van der Waals surface area (Å²) in [5.74, 6) is 0.0137. The molecule has 98 valence electrons. The molecule has 0 bridgehead atoms. The van der Waals surface area contributed by atoms with Crippen molar-refractivity contribution in [1.82, 2.24) is 5.32 Å². The molecule has 0 saturated carbocycles. The highest BCUT2D eigenvalue weighted by Gasteiger charge is 2.00. The van der Waals surface area contributed by atoms with Gasteiger partial charge in [-0.05, 0) is 24.1 Å². The van der Waals surface area contributed by atoms with Gasteiger partial charge in [-0.15, -0.1) is 0 Å². The van der Waals surface area contributed by atoms with Crippen LogP contribution in [-0.2, 0) is 11.2 Å². The number of hydrogen-bond donors (Lipinski definition) is 2. The molecule has 1 amide bonds. The van der Waals surface area contributed by atoms with Crippen LogP contribution in [0.5, 0.6) is 0 Å². The lowest BCUT2D eigenvalue weighted by atomic mass is 10.1. The predicted octanol–water partition coefficient (Wildman–Crippen LogP) is 2.46. The van der Waals surface area contributed by atoms with Crippen LogP contribution in [0.2, 0.25) is 0 Å². The Bertz CT molecular complexity index is 497. The van der Waals surface area contributed by atoms with E-state index in [-0.39, 0.29) is 5.91 Å². The van der Waals surface area contributed by atoms with Crippen molar-refractivity contribution in [3.63, 3.8) is 0 Å². The number of amides is 1. The lowest BCUT2D eigenvalue weighted by Gasteiger charge is -2.07. The van der Waals surface area contributed by atoms with E-state index in [0.29, 0.717) is 13.1 Å². The Balaban J connectivity index is 1.65. The van der Waals surface area contributed by atoms with Crippen LogP contribution >= 0.6 is 0 Å².